The average molecular weight is 240 g/mol. The molecule has 0 N–H and O–H groups in total. The Bertz CT molecular complexity index is 613. The van der Waals surface area contributed by atoms with E-state index in [9.17, 15) is 4.79 Å². The Balaban J connectivity index is 1.86. The molecule has 1 unspecified atom stereocenters. The summed E-state index contributed by atoms with van der Waals surface area (Å²) in [5.41, 5.74) is 5.42. The lowest BCUT2D eigenvalue weighted by molar-refractivity contribution is 0.112. The van der Waals surface area contributed by atoms with Crippen molar-refractivity contribution in [1.82, 2.24) is 9.78 Å². The number of hydrogen-bond donors (Lipinski definition) is 0. The van der Waals surface area contributed by atoms with E-state index in [0.29, 0.717) is 5.92 Å². The zero-order chi connectivity index (χ0) is 12.7. The summed E-state index contributed by atoms with van der Waals surface area (Å²) in [4.78, 5) is 11.0. The quantitative estimate of drug-likeness (QED) is 0.773. The number of rotatable bonds is 3. The summed E-state index contributed by atoms with van der Waals surface area (Å²) >= 11 is 0. The number of carbonyl (C=O) groups is 1. The van der Waals surface area contributed by atoms with Gasteiger partial charge in [0.05, 0.1) is 11.3 Å². The Morgan fingerprint density at radius 2 is 2.17 bits per heavy atom. The number of fused-ring (bicyclic) bond motifs is 1. The van der Waals surface area contributed by atoms with E-state index in [0.717, 1.165) is 36.2 Å². The van der Waals surface area contributed by atoms with Gasteiger partial charge in [-0.2, -0.15) is 5.10 Å². The van der Waals surface area contributed by atoms with E-state index in [-0.39, 0.29) is 0 Å². The van der Waals surface area contributed by atoms with Crippen molar-refractivity contribution >= 4 is 6.29 Å². The van der Waals surface area contributed by atoms with E-state index in [4.69, 9.17) is 0 Å². The zero-order valence-electron chi connectivity index (χ0n) is 10.7. The maximum Gasteiger partial charge on any atom is 0.153 e. The molecule has 0 saturated carbocycles. The molecule has 3 heteroatoms. The van der Waals surface area contributed by atoms with E-state index in [1.54, 1.807) is 0 Å². The van der Waals surface area contributed by atoms with Crippen LogP contribution in [0, 0.1) is 13.8 Å². The fraction of sp³-hybridized carbons (Fsp3) is 0.333. The molecule has 3 nitrogen and oxygen atoms in total. The van der Waals surface area contributed by atoms with E-state index in [1.807, 2.05) is 18.5 Å². The third kappa shape index (κ3) is 1.58. The van der Waals surface area contributed by atoms with Crippen molar-refractivity contribution < 1.29 is 4.79 Å². The number of nitrogens with zero attached hydrogens (tertiary/aromatic N) is 2. The summed E-state index contributed by atoms with van der Waals surface area (Å²) in [5.74, 6) is 0.540. The molecule has 0 radical (unpaired) electrons. The van der Waals surface area contributed by atoms with Crippen molar-refractivity contribution in [2.45, 2.75) is 32.7 Å². The number of aldehydes is 1. The van der Waals surface area contributed by atoms with Gasteiger partial charge < -0.3 is 0 Å². The first-order valence-electron chi connectivity index (χ1n) is 6.27. The van der Waals surface area contributed by atoms with Crippen LogP contribution in [0.5, 0.6) is 0 Å². The van der Waals surface area contributed by atoms with Gasteiger partial charge >= 0.3 is 0 Å². The van der Waals surface area contributed by atoms with Crippen molar-refractivity contribution in [3.63, 3.8) is 0 Å². The number of hydrogen-bond acceptors (Lipinski definition) is 2. The van der Waals surface area contributed by atoms with Crippen molar-refractivity contribution in [3.8, 4) is 0 Å². The van der Waals surface area contributed by atoms with Crippen LogP contribution in [0.2, 0.25) is 0 Å². The normalized spacial score (nSPS) is 17.1. The lowest BCUT2D eigenvalue weighted by atomic mass is 9.77. The predicted molar refractivity (Wildman–Crippen MR) is 70.0 cm³/mol. The highest BCUT2D eigenvalue weighted by Gasteiger charge is 2.26. The first-order valence-corrected chi connectivity index (χ1v) is 6.27. The smallest absolute Gasteiger partial charge is 0.153 e. The second-order valence-electron chi connectivity index (χ2n) is 4.98. The van der Waals surface area contributed by atoms with Crippen molar-refractivity contribution in [2.75, 3.05) is 0 Å². The van der Waals surface area contributed by atoms with Crippen LogP contribution >= 0.6 is 0 Å². The summed E-state index contributed by atoms with van der Waals surface area (Å²) in [6, 6.07) is 8.55. The molecular formula is C15H16N2O. The number of aromatic nitrogens is 2. The molecule has 0 amide bonds. The summed E-state index contributed by atoms with van der Waals surface area (Å²) in [6.45, 7) is 4.73. The molecule has 0 fully saturated rings. The molecule has 0 saturated heterocycles. The second-order valence-corrected chi connectivity index (χ2v) is 4.98. The van der Waals surface area contributed by atoms with Gasteiger partial charge in [-0.1, -0.05) is 24.3 Å². The van der Waals surface area contributed by atoms with Crippen LogP contribution in [-0.4, -0.2) is 16.1 Å². The summed E-state index contributed by atoms with van der Waals surface area (Å²) in [7, 11) is 0. The highest BCUT2D eigenvalue weighted by molar-refractivity contribution is 5.78. The SMILES string of the molecule is Cc1nn(CC2Cc3ccccc32)c(C)c1C=O. The van der Waals surface area contributed by atoms with Crippen molar-refractivity contribution in [1.29, 1.82) is 0 Å². The minimum Gasteiger partial charge on any atom is -0.298 e. The molecule has 1 heterocycles. The number of benzene rings is 1. The summed E-state index contributed by atoms with van der Waals surface area (Å²) < 4.78 is 1.97. The molecule has 1 aliphatic rings. The van der Waals surface area contributed by atoms with Gasteiger partial charge in [0, 0.05) is 18.2 Å². The first-order chi connectivity index (χ1) is 8.70. The molecule has 3 rings (SSSR count). The monoisotopic (exact) mass is 240 g/mol. The van der Waals surface area contributed by atoms with E-state index in [1.165, 1.54) is 11.1 Å². The Morgan fingerprint density at radius 3 is 2.83 bits per heavy atom. The molecule has 0 spiro atoms. The molecule has 1 atom stereocenters. The Morgan fingerprint density at radius 1 is 1.39 bits per heavy atom. The Hall–Kier alpha value is -1.90. The van der Waals surface area contributed by atoms with Gasteiger partial charge in [-0.25, -0.2) is 0 Å². The predicted octanol–water partition coefficient (Wildman–Crippen LogP) is 2.65. The molecule has 18 heavy (non-hydrogen) atoms. The molecule has 1 aliphatic carbocycles. The molecular weight excluding hydrogens is 224 g/mol. The van der Waals surface area contributed by atoms with Crippen LogP contribution in [0.4, 0.5) is 0 Å². The molecule has 2 aromatic rings. The maximum atomic E-state index is 11.0. The zero-order valence-corrected chi connectivity index (χ0v) is 10.7. The van der Waals surface area contributed by atoms with Gasteiger partial charge in [-0.3, -0.25) is 9.48 Å². The third-order valence-electron chi connectivity index (χ3n) is 3.91. The van der Waals surface area contributed by atoms with Gasteiger partial charge in [-0.15, -0.1) is 0 Å². The summed E-state index contributed by atoms with van der Waals surface area (Å²) in [5, 5.41) is 4.46. The highest BCUT2D eigenvalue weighted by atomic mass is 16.1. The van der Waals surface area contributed by atoms with Crippen LogP contribution in [0.25, 0.3) is 0 Å². The minimum atomic E-state index is 0.540. The highest BCUT2D eigenvalue weighted by Crippen LogP contribution is 2.36. The first kappa shape index (κ1) is 11.2. The minimum absolute atomic E-state index is 0.540. The molecule has 0 aliphatic heterocycles. The standard InChI is InChI=1S/C15H16N2O/c1-10-15(9-18)11(2)17(16-10)8-13-7-12-5-3-4-6-14(12)13/h3-6,9,13H,7-8H2,1-2H3. The fourth-order valence-electron chi connectivity index (χ4n) is 2.79. The van der Waals surface area contributed by atoms with Gasteiger partial charge in [0.25, 0.3) is 0 Å². The lowest BCUT2D eigenvalue weighted by Crippen LogP contribution is -2.23. The van der Waals surface area contributed by atoms with Crippen LogP contribution in [0.3, 0.4) is 0 Å². The van der Waals surface area contributed by atoms with Gasteiger partial charge in [-0.05, 0) is 31.4 Å². The second kappa shape index (κ2) is 4.09. The molecule has 0 bridgehead atoms. The van der Waals surface area contributed by atoms with Crippen molar-refractivity contribution in [3.05, 3.63) is 52.3 Å². The van der Waals surface area contributed by atoms with Crippen LogP contribution in [0.15, 0.2) is 24.3 Å². The van der Waals surface area contributed by atoms with E-state index >= 15 is 0 Å². The van der Waals surface area contributed by atoms with Gasteiger partial charge in [0.1, 0.15) is 0 Å². The molecule has 1 aromatic carbocycles. The third-order valence-corrected chi connectivity index (χ3v) is 3.91. The van der Waals surface area contributed by atoms with E-state index < -0.39 is 0 Å². The topological polar surface area (TPSA) is 34.9 Å². The Labute approximate surface area is 106 Å². The number of carbonyl (C=O) groups excluding carboxylic acids is 1. The Kier molecular flexibility index (Phi) is 2.54. The van der Waals surface area contributed by atoms with Crippen LogP contribution < -0.4 is 0 Å². The van der Waals surface area contributed by atoms with Gasteiger partial charge in [0.2, 0.25) is 0 Å². The van der Waals surface area contributed by atoms with Gasteiger partial charge in [0.15, 0.2) is 6.29 Å². The maximum absolute atomic E-state index is 11.0. The lowest BCUT2D eigenvalue weighted by Gasteiger charge is -2.30. The van der Waals surface area contributed by atoms with Crippen LogP contribution in [-0.2, 0) is 13.0 Å². The summed E-state index contributed by atoms with van der Waals surface area (Å²) in [6.07, 6.45) is 2.02. The largest absolute Gasteiger partial charge is 0.298 e. The van der Waals surface area contributed by atoms with E-state index in [2.05, 4.69) is 29.4 Å². The molecule has 92 valence electrons. The fourth-order valence-corrected chi connectivity index (χ4v) is 2.79. The average Bonchev–Trinajstić information content (AvgIpc) is 2.61. The van der Waals surface area contributed by atoms with Crippen LogP contribution in [0.1, 0.15) is 38.8 Å². The number of aryl methyl sites for hydroxylation is 1. The molecule has 1 aromatic heterocycles. The van der Waals surface area contributed by atoms with Crippen molar-refractivity contribution in [2.24, 2.45) is 0 Å².